The predicted octanol–water partition coefficient (Wildman–Crippen LogP) is 4.01. The van der Waals surface area contributed by atoms with Crippen LogP contribution in [0.5, 0.6) is 5.75 Å². The number of aromatic nitrogens is 2. The molecule has 0 saturated heterocycles. The Morgan fingerprint density at radius 2 is 2.00 bits per heavy atom. The number of nitrogens with zero attached hydrogens (tertiary/aromatic N) is 2. The summed E-state index contributed by atoms with van der Waals surface area (Å²) in [6.45, 7) is 2.93. The average molecular weight is 379 g/mol. The second kappa shape index (κ2) is 8.64. The van der Waals surface area contributed by atoms with E-state index < -0.39 is 5.82 Å². The molecular formula is C18H20ClFN4O2. The Labute approximate surface area is 156 Å². The molecule has 0 spiro atoms. The van der Waals surface area contributed by atoms with Crippen molar-refractivity contribution in [3.63, 3.8) is 0 Å². The van der Waals surface area contributed by atoms with E-state index in [2.05, 4.69) is 20.6 Å². The summed E-state index contributed by atoms with van der Waals surface area (Å²) >= 11 is 0. The molecule has 26 heavy (non-hydrogen) atoms. The van der Waals surface area contributed by atoms with E-state index in [0.29, 0.717) is 24.5 Å². The molecule has 0 bridgehead atoms. The molecule has 0 aliphatic rings. The van der Waals surface area contributed by atoms with Gasteiger partial charge < -0.3 is 20.5 Å². The van der Waals surface area contributed by atoms with E-state index >= 15 is 0 Å². The number of rotatable bonds is 6. The van der Waals surface area contributed by atoms with Gasteiger partial charge in [-0.05, 0) is 36.8 Å². The zero-order valence-corrected chi connectivity index (χ0v) is 15.2. The fourth-order valence-electron chi connectivity index (χ4n) is 2.45. The fraction of sp³-hybridized carbons (Fsp3) is 0.222. The van der Waals surface area contributed by atoms with E-state index in [1.165, 1.54) is 18.5 Å². The molecule has 8 heteroatoms. The monoisotopic (exact) mass is 378 g/mol. The Hall–Kier alpha value is -2.64. The SMILES string of the molecule is COCCNc1ccc2c(Nc3cc(O)c(C)cc3F)ncnc2c1.Cl. The summed E-state index contributed by atoms with van der Waals surface area (Å²) in [5.74, 6) is 0.0300. The minimum Gasteiger partial charge on any atom is -0.508 e. The number of halogens is 2. The zero-order chi connectivity index (χ0) is 17.8. The van der Waals surface area contributed by atoms with Gasteiger partial charge in [0, 0.05) is 30.8 Å². The van der Waals surface area contributed by atoms with Crippen molar-refractivity contribution in [3.05, 3.63) is 48.0 Å². The van der Waals surface area contributed by atoms with Crippen molar-refractivity contribution in [1.82, 2.24) is 9.97 Å². The summed E-state index contributed by atoms with van der Waals surface area (Å²) < 4.78 is 19.1. The molecule has 3 rings (SSSR count). The normalized spacial score (nSPS) is 10.4. The molecule has 0 fully saturated rings. The molecule has 2 aromatic carbocycles. The van der Waals surface area contributed by atoms with Crippen LogP contribution >= 0.6 is 12.4 Å². The average Bonchev–Trinajstić information content (AvgIpc) is 2.60. The number of methoxy groups -OCH3 is 1. The van der Waals surface area contributed by atoms with Crippen LogP contribution in [0.4, 0.5) is 21.6 Å². The largest absolute Gasteiger partial charge is 0.508 e. The van der Waals surface area contributed by atoms with E-state index in [0.717, 1.165) is 16.6 Å². The minimum atomic E-state index is -0.458. The van der Waals surface area contributed by atoms with E-state index in [9.17, 15) is 9.50 Å². The Morgan fingerprint density at radius 1 is 1.19 bits per heavy atom. The van der Waals surface area contributed by atoms with Gasteiger partial charge in [-0.2, -0.15) is 0 Å². The van der Waals surface area contributed by atoms with Crippen molar-refractivity contribution in [2.75, 3.05) is 30.9 Å². The van der Waals surface area contributed by atoms with Gasteiger partial charge in [0.2, 0.25) is 0 Å². The second-order valence-corrected chi connectivity index (χ2v) is 5.62. The Balaban J connectivity index is 0.00000243. The molecule has 0 radical (unpaired) electrons. The summed E-state index contributed by atoms with van der Waals surface area (Å²) in [5.41, 5.74) is 2.26. The highest BCUT2D eigenvalue weighted by Crippen LogP contribution is 2.29. The summed E-state index contributed by atoms with van der Waals surface area (Å²) in [7, 11) is 1.65. The number of aromatic hydroxyl groups is 1. The number of anilines is 3. The first-order valence-corrected chi connectivity index (χ1v) is 7.82. The van der Waals surface area contributed by atoms with Gasteiger partial charge in [-0.15, -0.1) is 12.4 Å². The van der Waals surface area contributed by atoms with Crippen LogP contribution in [0, 0.1) is 12.7 Å². The van der Waals surface area contributed by atoms with Crippen molar-refractivity contribution in [2.24, 2.45) is 0 Å². The van der Waals surface area contributed by atoms with Gasteiger partial charge in [0.15, 0.2) is 0 Å². The molecule has 0 unspecified atom stereocenters. The lowest BCUT2D eigenvalue weighted by atomic mass is 10.1. The summed E-state index contributed by atoms with van der Waals surface area (Å²) in [4.78, 5) is 8.45. The second-order valence-electron chi connectivity index (χ2n) is 5.62. The van der Waals surface area contributed by atoms with Gasteiger partial charge in [-0.1, -0.05) is 0 Å². The van der Waals surface area contributed by atoms with Gasteiger partial charge in [0.05, 0.1) is 17.8 Å². The third-order valence-corrected chi connectivity index (χ3v) is 3.81. The van der Waals surface area contributed by atoms with Crippen molar-refractivity contribution in [2.45, 2.75) is 6.92 Å². The molecule has 0 aliphatic carbocycles. The number of hydrogen-bond acceptors (Lipinski definition) is 6. The van der Waals surface area contributed by atoms with E-state index in [-0.39, 0.29) is 23.8 Å². The van der Waals surface area contributed by atoms with Crippen molar-refractivity contribution in [3.8, 4) is 5.75 Å². The number of fused-ring (bicyclic) bond motifs is 1. The van der Waals surface area contributed by atoms with Crippen LogP contribution in [-0.4, -0.2) is 35.3 Å². The third-order valence-electron chi connectivity index (χ3n) is 3.81. The number of aryl methyl sites for hydroxylation is 1. The van der Waals surface area contributed by atoms with Gasteiger partial charge >= 0.3 is 0 Å². The first kappa shape index (κ1) is 19.7. The number of phenols is 1. The highest BCUT2D eigenvalue weighted by molar-refractivity contribution is 5.92. The van der Waals surface area contributed by atoms with Crippen molar-refractivity contribution in [1.29, 1.82) is 0 Å². The number of ether oxygens (including phenoxy) is 1. The molecule has 0 aliphatic heterocycles. The summed E-state index contributed by atoms with van der Waals surface area (Å²) in [5, 5.41) is 16.7. The van der Waals surface area contributed by atoms with Gasteiger partial charge in [-0.25, -0.2) is 14.4 Å². The Bertz CT molecular complexity index is 908. The van der Waals surface area contributed by atoms with Crippen LogP contribution in [0.15, 0.2) is 36.7 Å². The van der Waals surface area contributed by atoms with Crippen LogP contribution in [0.1, 0.15) is 5.56 Å². The summed E-state index contributed by atoms with van der Waals surface area (Å²) in [6.07, 6.45) is 1.41. The standard InChI is InChI=1S/C18H19FN4O2.ClH/c1-11-7-14(19)16(9-17(11)24)23-18-13-4-3-12(20-5-6-25-2)8-15(13)21-10-22-18;/h3-4,7-10,20,24H,5-6H2,1-2H3,(H,21,22,23);1H. The Morgan fingerprint density at radius 3 is 2.77 bits per heavy atom. The predicted molar refractivity (Wildman–Crippen MR) is 103 cm³/mol. The molecule has 0 atom stereocenters. The quantitative estimate of drug-likeness (QED) is 0.562. The first-order valence-electron chi connectivity index (χ1n) is 7.82. The van der Waals surface area contributed by atoms with Crippen LogP contribution in [0.2, 0.25) is 0 Å². The molecule has 0 amide bonds. The van der Waals surface area contributed by atoms with Gasteiger partial charge in [0.25, 0.3) is 0 Å². The third kappa shape index (κ3) is 4.30. The maximum atomic E-state index is 14.1. The van der Waals surface area contributed by atoms with E-state index in [1.54, 1.807) is 14.0 Å². The highest BCUT2D eigenvalue weighted by atomic mass is 35.5. The number of phenolic OH excluding ortho intramolecular Hbond substituents is 1. The zero-order valence-electron chi connectivity index (χ0n) is 14.4. The molecule has 3 N–H and O–H groups in total. The fourth-order valence-corrected chi connectivity index (χ4v) is 2.45. The first-order chi connectivity index (χ1) is 12.1. The van der Waals surface area contributed by atoms with Crippen LogP contribution < -0.4 is 10.6 Å². The van der Waals surface area contributed by atoms with Crippen LogP contribution in [0.3, 0.4) is 0 Å². The van der Waals surface area contributed by atoms with Crippen LogP contribution in [0.25, 0.3) is 10.9 Å². The van der Waals surface area contributed by atoms with E-state index in [4.69, 9.17) is 4.74 Å². The summed E-state index contributed by atoms with van der Waals surface area (Å²) in [6, 6.07) is 8.27. The lowest BCUT2D eigenvalue weighted by molar-refractivity contribution is 0.211. The molecule has 1 heterocycles. The van der Waals surface area contributed by atoms with Gasteiger partial charge in [-0.3, -0.25) is 0 Å². The molecule has 1 aromatic heterocycles. The molecule has 3 aromatic rings. The smallest absolute Gasteiger partial charge is 0.147 e. The number of benzene rings is 2. The highest BCUT2D eigenvalue weighted by Gasteiger charge is 2.10. The lowest BCUT2D eigenvalue weighted by Gasteiger charge is -2.12. The number of nitrogens with one attached hydrogen (secondary N) is 2. The number of hydrogen-bond donors (Lipinski definition) is 3. The Kier molecular flexibility index (Phi) is 6.54. The maximum Gasteiger partial charge on any atom is 0.147 e. The molecule has 138 valence electrons. The molecule has 0 saturated carbocycles. The van der Waals surface area contributed by atoms with E-state index in [1.807, 2.05) is 18.2 Å². The lowest BCUT2D eigenvalue weighted by Crippen LogP contribution is -2.07. The molecule has 6 nitrogen and oxygen atoms in total. The van der Waals surface area contributed by atoms with Crippen LogP contribution in [-0.2, 0) is 4.74 Å². The van der Waals surface area contributed by atoms with Crippen molar-refractivity contribution < 1.29 is 14.2 Å². The maximum absolute atomic E-state index is 14.1. The molecular weight excluding hydrogens is 359 g/mol. The topological polar surface area (TPSA) is 79.3 Å². The van der Waals surface area contributed by atoms with Gasteiger partial charge in [0.1, 0.15) is 23.7 Å². The van der Waals surface area contributed by atoms with Crippen molar-refractivity contribution >= 4 is 40.5 Å². The minimum absolute atomic E-state index is 0.